The Hall–Kier alpha value is -0.370. The Balaban J connectivity index is 1.77. The van der Waals surface area contributed by atoms with Gasteiger partial charge in [-0.3, -0.25) is 4.79 Å². The Morgan fingerprint density at radius 2 is 2.10 bits per heavy atom. The third kappa shape index (κ3) is 5.39. The molecule has 0 radical (unpaired) electrons. The largest absolute Gasteiger partial charge is 0.383 e. The summed E-state index contributed by atoms with van der Waals surface area (Å²) >= 11 is 0. The molecule has 2 atom stereocenters. The molecule has 0 N–H and O–H groups in total. The zero-order valence-electron chi connectivity index (χ0n) is 12.3. The van der Waals surface area contributed by atoms with Crippen molar-refractivity contribution >= 4 is 25.6 Å². The maximum atomic E-state index is 12.0. The highest BCUT2D eigenvalue weighted by Crippen LogP contribution is 2.24. The van der Waals surface area contributed by atoms with Crippen molar-refractivity contribution in [3.63, 3.8) is 0 Å². The van der Waals surface area contributed by atoms with Crippen molar-refractivity contribution in [2.45, 2.75) is 12.8 Å². The third-order valence-corrected chi connectivity index (χ3v) is 5.44. The number of hydrogen-bond acceptors (Lipinski definition) is 5. The number of halogens is 1. The van der Waals surface area contributed by atoms with E-state index < -0.39 is 9.05 Å². The summed E-state index contributed by atoms with van der Waals surface area (Å²) in [7, 11) is 3.44. The molecule has 2 aliphatic rings. The smallest absolute Gasteiger partial charge is 0.232 e. The molecule has 122 valence electrons. The number of carbonyl (C=O) groups excluding carboxylic acids is 1. The first-order chi connectivity index (χ1) is 9.87. The highest BCUT2D eigenvalue weighted by Gasteiger charge is 2.34. The fraction of sp³-hybridized carbons (Fsp3) is 0.923. The summed E-state index contributed by atoms with van der Waals surface area (Å²) in [5.41, 5.74) is 0. The summed E-state index contributed by atoms with van der Waals surface area (Å²) in [6, 6.07) is 0. The molecule has 2 rings (SSSR count). The summed E-state index contributed by atoms with van der Waals surface area (Å²) in [6.45, 7) is 4.90. The number of rotatable bonds is 7. The molecule has 6 nitrogen and oxygen atoms in total. The predicted octanol–water partition coefficient (Wildman–Crippen LogP) is 0.372. The van der Waals surface area contributed by atoms with Gasteiger partial charge >= 0.3 is 0 Å². The second-order valence-corrected chi connectivity index (χ2v) is 8.84. The molecule has 2 fully saturated rings. The molecule has 21 heavy (non-hydrogen) atoms. The van der Waals surface area contributed by atoms with Crippen molar-refractivity contribution in [2.24, 2.45) is 11.8 Å². The van der Waals surface area contributed by atoms with Crippen LogP contribution in [0.2, 0.25) is 0 Å². The summed E-state index contributed by atoms with van der Waals surface area (Å²) in [5.74, 6) is 0.250. The van der Waals surface area contributed by atoms with Crippen LogP contribution in [0.25, 0.3) is 0 Å². The SMILES string of the molecule is COCCN1CCC(CN2CC(CS(=O)(=O)Cl)CC2=O)C1. The molecule has 2 aliphatic heterocycles. The van der Waals surface area contributed by atoms with Gasteiger partial charge in [0.05, 0.1) is 12.4 Å². The van der Waals surface area contributed by atoms with Gasteiger partial charge in [-0.15, -0.1) is 0 Å². The minimum Gasteiger partial charge on any atom is -0.383 e. The van der Waals surface area contributed by atoms with Crippen LogP contribution >= 0.6 is 10.7 Å². The second-order valence-electron chi connectivity index (χ2n) is 6.02. The van der Waals surface area contributed by atoms with Crippen molar-refractivity contribution in [1.82, 2.24) is 9.80 Å². The molecular formula is C13H23ClN2O4S. The van der Waals surface area contributed by atoms with Gasteiger partial charge < -0.3 is 14.5 Å². The lowest BCUT2D eigenvalue weighted by Gasteiger charge is -2.21. The molecule has 2 heterocycles. The highest BCUT2D eigenvalue weighted by atomic mass is 35.7. The lowest BCUT2D eigenvalue weighted by molar-refractivity contribution is -0.128. The summed E-state index contributed by atoms with van der Waals surface area (Å²) < 4.78 is 27.3. The Bertz CT molecular complexity index is 471. The van der Waals surface area contributed by atoms with Gasteiger partial charge in [-0.1, -0.05) is 0 Å². The van der Waals surface area contributed by atoms with Crippen LogP contribution in [0.15, 0.2) is 0 Å². The third-order valence-electron chi connectivity index (χ3n) is 4.19. The lowest BCUT2D eigenvalue weighted by Crippen LogP contribution is -2.33. The number of methoxy groups -OCH3 is 1. The highest BCUT2D eigenvalue weighted by molar-refractivity contribution is 8.13. The molecule has 0 aromatic heterocycles. The molecule has 0 aliphatic carbocycles. The summed E-state index contributed by atoms with van der Waals surface area (Å²) in [6.07, 6.45) is 1.37. The predicted molar refractivity (Wildman–Crippen MR) is 80.7 cm³/mol. The van der Waals surface area contributed by atoms with Crippen molar-refractivity contribution in [2.75, 3.05) is 52.2 Å². The summed E-state index contributed by atoms with van der Waals surface area (Å²) in [5, 5.41) is 0. The number of carbonyl (C=O) groups is 1. The van der Waals surface area contributed by atoms with Crippen molar-refractivity contribution in [3.05, 3.63) is 0 Å². The van der Waals surface area contributed by atoms with E-state index in [1.807, 2.05) is 0 Å². The standard InChI is InChI=1S/C13H23ClN2O4S/c1-20-5-4-15-3-2-11(7-15)8-16-9-12(6-13(16)17)10-21(14,18)19/h11-12H,2-10H2,1H3. The van der Waals surface area contributed by atoms with Crippen LogP contribution in [0.1, 0.15) is 12.8 Å². The maximum absolute atomic E-state index is 12.0. The van der Waals surface area contributed by atoms with E-state index >= 15 is 0 Å². The van der Waals surface area contributed by atoms with Crippen LogP contribution in [0.3, 0.4) is 0 Å². The van der Waals surface area contributed by atoms with Gasteiger partial charge in [0.1, 0.15) is 0 Å². The van der Waals surface area contributed by atoms with Gasteiger partial charge in [-0.2, -0.15) is 0 Å². The lowest BCUT2D eigenvalue weighted by atomic mass is 10.1. The van der Waals surface area contributed by atoms with Crippen LogP contribution < -0.4 is 0 Å². The molecule has 2 unspecified atom stereocenters. The average molecular weight is 339 g/mol. The number of likely N-dealkylation sites (tertiary alicyclic amines) is 2. The van der Waals surface area contributed by atoms with E-state index in [1.165, 1.54) is 0 Å². The van der Waals surface area contributed by atoms with Gasteiger partial charge in [0.25, 0.3) is 0 Å². The average Bonchev–Trinajstić information content (AvgIpc) is 2.93. The molecule has 8 heteroatoms. The normalized spacial score (nSPS) is 27.7. The minimum atomic E-state index is -3.53. The number of amides is 1. The Kier molecular flexibility index (Phi) is 5.88. The molecule has 0 aromatic rings. The fourth-order valence-electron chi connectivity index (χ4n) is 3.22. The molecular weight excluding hydrogens is 316 g/mol. The van der Waals surface area contributed by atoms with Crippen molar-refractivity contribution in [1.29, 1.82) is 0 Å². The first-order valence-corrected chi connectivity index (χ1v) is 9.76. The molecule has 0 saturated carbocycles. The van der Waals surface area contributed by atoms with Gasteiger partial charge in [0, 0.05) is 56.3 Å². The van der Waals surface area contributed by atoms with Crippen molar-refractivity contribution in [3.8, 4) is 0 Å². The van der Waals surface area contributed by atoms with Crippen LogP contribution in [-0.2, 0) is 18.6 Å². The van der Waals surface area contributed by atoms with E-state index in [9.17, 15) is 13.2 Å². The molecule has 2 saturated heterocycles. The zero-order chi connectivity index (χ0) is 15.5. The maximum Gasteiger partial charge on any atom is 0.232 e. The van der Waals surface area contributed by atoms with E-state index in [0.29, 0.717) is 18.9 Å². The van der Waals surface area contributed by atoms with E-state index in [0.717, 1.165) is 39.2 Å². The minimum absolute atomic E-state index is 0.0515. The first-order valence-electron chi connectivity index (χ1n) is 7.29. The summed E-state index contributed by atoms with van der Waals surface area (Å²) in [4.78, 5) is 16.1. The van der Waals surface area contributed by atoms with Crippen molar-refractivity contribution < 1.29 is 17.9 Å². The first kappa shape index (κ1) is 17.0. The van der Waals surface area contributed by atoms with Gasteiger partial charge in [0.2, 0.25) is 15.0 Å². The van der Waals surface area contributed by atoms with Gasteiger partial charge in [0.15, 0.2) is 0 Å². The van der Waals surface area contributed by atoms with E-state index in [2.05, 4.69) is 4.90 Å². The zero-order valence-corrected chi connectivity index (χ0v) is 13.9. The Morgan fingerprint density at radius 1 is 1.33 bits per heavy atom. The number of hydrogen-bond donors (Lipinski definition) is 0. The monoisotopic (exact) mass is 338 g/mol. The number of nitrogens with zero attached hydrogens (tertiary/aromatic N) is 2. The molecule has 0 aromatic carbocycles. The van der Waals surface area contributed by atoms with E-state index in [4.69, 9.17) is 15.4 Å². The number of ether oxygens (including phenoxy) is 1. The fourth-order valence-corrected chi connectivity index (χ4v) is 4.54. The van der Waals surface area contributed by atoms with E-state index in [-0.39, 0.29) is 17.6 Å². The topological polar surface area (TPSA) is 66.9 Å². The van der Waals surface area contributed by atoms with Gasteiger partial charge in [-0.05, 0) is 18.9 Å². The molecule has 1 amide bonds. The quantitative estimate of drug-likeness (QED) is 0.627. The second kappa shape index (κ2) is 7.26. The molecule has 0 bridgehead atoms. The Labute approximate surface area is 130 Å². The van der Waals surface area contributed by atoms with E-state index in [1.54, 1.807) is 12.0 Å². The van der Waals surface area contributed by atoms with Crippen LogP contribution in [0.4, 0.5) is 0 Å². The Morgan fingerprint density at radius 3 is 2.76 bits per heavy atom. The van der Waals surface area contributed by atoms with Gasteiger partial charge in [-0.25, -0.2) is 8.42 Å². The molecule has 0 spiro atoms. The van der Waals surface area contributed by atoms with Crippen LogP contribution in [-0.4, -0.2) is 76.3 Å². The van der Waals surface area contributed by atoms with Crippen LogP contribution in [0, 0.1) is 11.8 Å². The van der Waals surface area contributed by atoms with Crippen LogP contribution in [0.5, 0.6) is 0 Å².